The van der Waals surface area contributed by atoms with Crippen LogP contribution in [0.1, 0.15) is 54.4 Å². The highest BCUT2D eigenvalue weighted by atomic mass is 19.1. The normalized spacial score (nSPS) is 27.7. The van der Waals surface area contributed by atoms with Crippen molar-refractivity contribution in [3.05, 3.63) is 35.1 Å². The summed E-state index contributed by atoms with van der Waals surface area (Å²) in [6.45, 7) is 0.659. The van der Waals surface area contributed by atoms with Gasteiger partial charge in [0, 0.05) is 24.1 Å². The van der Waals surface area contributed by atoms with Gasteiger partial charge in [-0.15, -0.1) is 0 Å². The Hall–Kier alpha value is -1.93. The van der Waals surface area contributed by atoms with Crippen LogP contribution in [0, 0.1) is 23.1 Å². The Balaban J connectivity index is 1.82. The number of nitrogens with zero attached hydrogens (tertiary/aromatic N) is 2. The Bertz CT molecular complexity index is 640. The van der Waals surface area contributed by atoms with Crippen molar-refractivity contribution in [2.24, 2.45) is 5.92 Å². The molecule has 1 aliphatic heterocycles. The number of carbonyl (C=O) groups excluding carboxylic acids is 1. The van der Waals surface area contributed by atoms with Crippen molar-refractivity contribution in [2.45, 2.75) is 50.7 Å². The molecule has 3 unspecified atom stereocenters. The van der Waals surface area contributed by atoms with Crippen LogP contribution in [0.15, 0.2) is 18.2 Å². The molecule has 2 fully saturated rings. The number of benzene rings is 1. The van der Waals surface area contributed by atoms with Crippen molar-refractivity contribution < 1.29 is 14.3 Å². The summed E-state index contributed by atoms with van der Waals surface area (Å²) in [5.74, 6) is -0.641. The van der Waals surface area contributed by atoms with Gasteiger partial charge in [-0.05, 0) is 43.9 Å². The van der Waals surface area contributed by atoms with Crippen LogP contribution in [-0.4, -0.2) is 34.6 Å². The Morgan fingerprint density at radius 2 is 2.04 bits per heavy atom. The molecule has 2 aliphatic rings. The predicted octanol–water partition coefficient (Wildman–Crippen LogP) is 2.85. The summed E-state index contributed by atoms with van der Waals surface area (Å²) in [7, 11) is 0. The molecule has 0 aromatic heterocycles. The van der Waals surface area contributed by atoms with E-state index in [0.717, 1.165) is 38.5 Å². The second-order valence-corrected chi connectivity index (χ2v) is 6.53. The smallest absolute Gasteiger partial charge is 0.254 e. The van der Waals surface area contributed by atoms with Crippen LogP contribution in [0.3, 0.4) is 0 Å². The number of hydrogen-bond donors (Lipinski definition) is 1. The van der Waals surface area contributed by atoms with Crippen LogP contribution < -0.4 is 0 Å². The second-order valence-electron chi connectivity index (χ2n) is 6.53. The second kappa shape index (κ2) is 6.67. The summed E-state index contributed by atoms with van der Waals surface area (Å²) >= 11 is 0. The molecule has 1 saturated heterocycles. The highest BCUT2D eigenvalue weighted by molar-refractivity contribution is 5.95. The van der Waals surface area contributed by atoms with E-state index >= 15 is 0 Å². The van der Waals surface area contributed by atoms with Crippen LogP contribution >= 0.6 is 0 Å². The van der Waals surface area contributed by atoms with Gasteiger partial charge in [-0.2, -0.15) is 5.26 Å². The standard InChI is InChI=1S/C18H21FN2O2/c19-15-8-7-12(10-13(15)11-20)18(23)21-9-3-5-16(21)14-4-1-2-6-17(14)22/h7-8,10,14,16-17,22H,1-6,9H2. The number of hydrogen-bond acceptors (Lipinski definition) is 3. The molecule has 3 atom stereocenters. The Morgan fingerprint density at radius 3 is 2.78 bits per heavy atom. The topological polar surface area (TPSA) is 64.3 Å². The largest absolute Gasteiger partial charge is 0.393 e. The van der Waals surface area contributed by atoms with Crippen LogP contribution in [0.5, 0.6) is 0 Å². The minimum atomic E-state index is -0.607. The molecule has 122 valence electrons. The van der Waals surface area contributed by atoms with Crippen molar-refractivity contribution in [1.82, 2.24) is 4.90 Å². The van der Waals surface area contributed by atoms with E-state index in [2.05, 4.69) is 0 Å². The number of amides is 1. The van der Waals surface area contributed by atoms with E-state index in [1.807, 2.05) is 4.90 Å². The molecule has 4 nitrogen and oxygen atoms in total. The van der Waals surface area contributed by atoms with Gasteiger partial charge < -0.3 is 10.0 Å². The lowest BCUT2D eigenvalue weighted by molar-refractivity contribution is 0.0211. The van der Waals surface area contributed by atoms with Crippen molar-refractivity contribution in [2.75, 3.05) is 6.54 Å². The molecule has 0 bridgehead atoms. The van der Waals surface area contributed by atoms with E-state index < -0.39 is 5.82 Å². The molecule has 1 heterocycles. The fraction of sp³-hybridized carbons (Fsp3) is 0.556. The van der Waals surface area contributed by atoms with Gasteiger partial charge in [-0.3, -0.25) is 4.79 Å². The summed E-state index contributed by atoms with van der Waals surface area (Å²) in [6, 6.07) is 5.76. The Morgan fingerprint density at radius 1 is 1.26 bits per heavy atom. The van der Waals surface area contributed by atoms with Gasteiger partial charge in [0.1, 0.15) is 11.9 Å². The summed E-state index contributed by atoms with van der Waals surface area (Å²) in [5.41, 5.74) is 0.240. The Labute approximate surface area is 135 Å². The van der Waals surface area contributed by atoms with Gasteiger partial charge in [0.2, 0.25) is 0 Å². The van der Waals surface area contributed by atoms with E-state index in [0.29, 0.717) is 12.1 Å². The van der Waals surface area contributed by atoms with E-state index in [1.54, 1.807) is 6.07 Å². The highest BCUT2D eigenvalue weighted by Gasteiger charge is 2.39. The lowest BCUT2D eigenvalue weighted by Crippen LogP contribution is -2.45. The molecular formula is C18H21FN2O2. The first-order valence-electron chi connectivity index (χ1n) is 8.30. The summed E-state index contributed by atoms with van der Waals surface area (Å²) < 4.78 is 13.4. The molecule has 3 rings (SSSR count). The van der Waals surface area contributed by atoms with Gasteiger partial charge >= 0.3 is 0 Å². The van der Waals surface area contributed by atoms with Crippen LogP contribution in [-0.2, 0) is 0 Å². The molecule has 1 saturated carbocycles. The third kappa shape index (κ3) is 3.09. The number of likely N-dealkylation sites (tertiary alicyclic amines) is 1. The van der Waals surface area contributed by atoms with Crippen LogP contribution in [0.25, 0.3) is 0 Å². The molecule has 1 aliphatic carbocycles. The lowest BCUT2D eigenvalue weighted by atomic mass is 9.80. The van der Waals surface area contributed by atoms with Gasteiger partial charge in [0.25, 0.3) is 5.91 Å². The average Bonchev–Trinajstić information content (AvgIpc) is 3.04. The Kier molecular flexibility index (Phi) is 4.63. The monoisotopic (exact) mass is 316 g/mol. The van der Waals surface area contributed by atoms with Crippen molar-refractivity contribution in [3.63, 3.8) is 0 Å². The van der Waals surface area contributed by atoms with Gasteiger partial charge in [-0.25, -0.2) is 4.39 Å². The van der Waals surface area contributed by atoms with Crippen molar-refractivity contribution >= 4 is 5.91 Å². The molecule has 0 spiro atoms. The minimum absolute atomic E-state index is 0.0494. The average molecular weight is 316 g/mol. The first-order chi connectivity index (χ1) is 11.1. The van der Waals surface area contributed by atoms with E-state index in [9.17, 15) is 14.3 Å². The molecule has 1 aromatic rings. The molecule has 1 amide bonds. The number of nitriles is 1. The fourth-order valence-corrected chi connectivity index (χ4v) is 3.99. The molecule has 0 radical (unpaired) electrons. The zero-order valence-electron chi connectivity index (χ0n) is 13.0. The molecule has 1 N–H and O–H groups in total. The maximum atomic E-state index is 13.4. The molecular weight excluding hydrogens is 295 g/mol. The van der Waals surface area contributed by atoms with Crippen LogP contribution in [0.4, 0.5) is 4.39 Å². The molecule has 23 heavy (non-hydrogen) atoms. The number of rotatable bonds is 2. The number of halogens is 1. The van der Waals surface area contributed by atoms with E-state index in [4.69, 9.17) is 5.26 Å². The maximum absolute atomic E-state index is 13.4. The van der Waals surface area contributed by atoms with Crippen molar-refractivity contribution in [3.8, 4) is 6.07 Å². The number of aliphatic hydroxyl groups is 1. The number of aliphatic hydroxyl groups excluding tert-OH is 1. The third-order valence-corrected chi connectivity index (χ3v) is 5.17. The zero-order chi connectivity index (χ0) is 16.4. The summed E-state index contributed by atoms with van der Waals surface area (Å²) in [5, 5.41) is 19.2. The summed E-state index contributed by atoms with van der Waals surface area (Å²) in [4.78, 5) is 14.6. The molecule has 5 heteroatoms. The van der Waals surface area contributed by atoms with E-state index in [1.165, 1.54) is 18.2 Å². The zero-order valence-corrected chi connectivity index (χ0v) is 13.0. The number of carbonyl (C=O) groups is 1. The summed E-state index contributed by atoms with van der Waals surface area (Å²) in [6.07, 6.45) is 5.37. The first kappa shape index (κ1) is 15.9. The minimum Gasteiger partial charge on any atom is -0.393 e. The van der Waals surface area contributed by atoms with Crippen molar-refractivity contribution in [1.29, 1.82) is 5.26 Å². The highest BCUT2D eigenvalue weighted by Crippen LogP contribution is 2.35. The van der Waals surface area contributed by atoms with Gasteiger partial charge in [0.15, 0.2) is 0 Å². The molecule has 1 aromatic carbocycles. The fourth-order valence-electron chi connectivity index (χ4n) is 3.99. The van der Waals surface area contributed by atoms with Crippen LogP contribution in [0.2, 0.25) is 0 Å². The SMILES string of the molecule is N#Cc1cc(C(=O)N2CCCC2C2CCCCC2O)ccc1F. The van der Waals surface area contributed by atoms with E-state index in [-0.39, 0.29) is 29.5 Å². The quantitative estimate of drug-likeness (QED) is 0.912. The van der Waals surface area contributed by atoms with Gasteiger partial charge in [0.05, 0.1) is 11.7 Å². The maximum Gasteiger partial charge on any atom is 0.254 e. The van der Waals surface area contributed by atoms with Gasteiger partial charge in [-0.1, -0.05) is 12.8 Å². The lowest BCUT2D eigenvalue weighted by Gasteiger charge is -2.37. The predicted molar refractivity (Wildman–Crippen MR) is 83.1 cm³/mol. The third-order valence-electron chi connectivity index (χ3n) is 5.17. The first-order valence-corrected chi connectivity index (χ1v) is 8.30.